The van der Waals surface area contributed by atoms with Crippen molar-refractivity contribution < 1.29 is 30.7 Å². The lowest BCUT2D eigenvalue weighted by atomic mass is 9.90. The molecule has 1 saturated heterocycles. The van der Waals surface area contributed by atoms with Gasteiger partial charge in [-0.15, -0.1) is 0 Å². The number of nitrogens with one attached hydrogen (secondary N) is 1. The van der Waals surface area contributed by atoms with Crippen molar-refractivity contribution in [1.29, 1.82) is 0 Å². The standard InChI is InChI=1S/C11H14FN.C10H8F6S/c12-11-3-1-9(2-4-11)10-5-7-13-8-6-10;1-17-5-6-2-7(9(11,12)13)4-8(3-6)10(14,15)16/h1-4,10,13H,5-8H2;2-4H,5H2,1H3. The van der Waals surface area contributed by atoms with Crippen molar-refractivity contribution >= 4 is 11.8 Å². The zero-order valence-electron chi connectivity index (χ0n) is 16.2. The number of rotatable bonds is 3. The predicted octanol–water partition coefficient (Wildman–Crippen LogP) is 6.88. The molecule has 0 unspecified atom stereocenters. The molecule has 1 nitrogen and oxygen atoms in total. The highest BCUT2D eigenvalue weighted by Crippen LogP contribution is 2.36. The summed E-state index contributed by atoms with van der Waals surface area (Å²) in [7, 11) is 0. The van der Waals surface area contributed by atoms with Crippen LogP contribution < -0.4 is 5.32 Å². The van der Waals surface area contributed by atoms with Crippen LogP contribution in [0.1, 0.15) is 41.0 Å². The van der Waals surface area contributed by atoms with Gasteiger partial charge in [0.05, 0.1) is 11.1 Å². The monoisotopic (exact) mass is 453 g/mol. The molecule has 1 heterocycles. The lowest BCUT2D eigenvalue weighted by molar-refractivity contribution is -0.143. The van der Waals surface area contributed by atoms with Crippen molar-refractivity contribution in [2.45, 2.75) is 36.9 Å². The van der Waals surface area contributed by atoms with E-state index in [4.69, 9.17) is 0 Å². The average molecular weight is 453 g/mol. The summed E-state index contributed by atoms with van der Waals surface area (Å²) < 4.78 is 87.1. The van der Waals surface area contributed by atoms with E-state index in [-0.39, 0.29) is 23.2 Å². The second kappa shape index (κ2) is 10.5. The van der Waals surface area contributed by atoms with Crippen LogP contribution in [-0.4, -0.2) is 19.3 Å². The van der Waals surface area contributed by atoms with Gasteiger partial charge in [-0.2, -0.15) is 38.1 Å². The molecule has 2 aromatic rings. The van der Waals surface area contributed by atoms with Gasteiger partial charge in [0.1, 0.15) is 5.82 Å². The molecule has 0 amide bonds. The SMILES string of the molecule is CSCc1cc(C(F)(F)F)cc(C(F)(F)F)c1.Fc1ccc(C2CCNCC2)cc1. The lowest BCUT2D eigenvalue weighted by Crippen LogP contribution is -2.26. The Morgan fingerprint density at radius 3 is 1.80 bits per heavy atom. The highest BCUT2D eigenvalue weighted by atomic mass is 32.2. The normalized spacial score (nSPS) is 15.5. The van der Waals surface area contributed by atoms with Crippen molar-refractivity contribution in [2.75, 3.05) is 19.3 Å². The van der Waals surface area contributed by atoms with E-state index < -0.39 is 23.5 Å². The van der Waals surface area contributed by atoms with Gasteiger partial charge >= 0.3 is 12.4 Å². The predicted molar refractivity (Wildman–Crippen MR) is 105 cm³/mol. The maximum Gasteiger partial charge on any atom is 0.416 e. The first-order valence-electron chi connectivity index (χ1n) is 9.24. The van der Waals surface area contributed by atoms with Crippen LogP contribution in [-0.2, 0) is 18.1 Å². The second-order valence-electron chi connectivity index (χ2n) is 6.92. The molecule has 1 aliphatic rings. The maximum atomic E-state index is 12.6. The summed E-state index contributed by atoms with van der Waals surface area (Å²) in [6.45, 7) is 2.17. The minimum atomic E-state index is -4.77. The number of hydrogen-bond donors (Lipinski definition) is 1. The number of alkyl halides is 6. The van der Waals surface area contributed by atoms with E-state index in [0.717, 1.165) is 37.0 Å². The van der Waals surface area contributed by atoms with Crippen LogP contribution in [0.15, 0.2) is 42.5 Å². The molecule has 1 N–H and O–H groups in total. The number of hydrogen-bond acceptors (Lipinski definition) is 2. The van der Waals surface area contributed by atoms with E-state index in [9.17, 15) is 30.7 Å². The minimum absolute atomic E-state index is 0.0136. The maximum absolute atomic E-state index is 12.6. The Morgan fingerprint density at radius 2 is 1.37 bits per heavy atom. The summed E-state index contributed by atoms with van der Waals surface area (Å²) in [4.78, 5) is 0. The van der Waals surface area contributed by atoms with Gasteiger partial charge in [0, 0.05) is 5.75 Å². The van der Waals surface area contributed by atoms with E-state index >= 15 is 0 Å². The Balaban J connectivity index is 0.000000220. The molecule has 166 valence electrons. The summed E-state index contributed by atoms with van der Waals surface area (Å²) in [5.41, 5.74) is -1.24. The minimum Gasteiger partial charge on any atom is -0.317 e. The summed E-state index contributed by atoms with van der Waals surface area (Å²) in [5.74, 6) is 0.590. The highest BCUT2D eigenvalue weighted by Gasteiger charge is 2.36. The summed E-state index contributed by atoms with van der Waals surface area (Å²) in [5, 5.41) is 3.32. The third kappa shape index (κ3) is 7.50. The van der Waals surface area contributed by atoms with Crippen LogP contribution in [0.4, 0.5) is 30.7 Å². The Kier molecular flexibility index (Phi) is 8.61. The molecule has 1 fully saturated rings. The van der Waals surface area contributed by atoms with Crippen molar-refractivity contribution in [1.82, 2.24) is 5.32 Å². The molecule has 0 aliphatic carbocycles. The average Bonchev–Trinajstić information content (AvgIpc) is 2.68. The molecule has 0 bridgehead atoms. The van der Waals surface area contributed by atoms with Gasteiger partial charge in [-0.3, -0.25) is 0 Å². The third-order valence-corrected chi connectivity index (χ3v) is 5.26. The number of piperidine rings is 1. The van der Waals surface area contributed by atoms with Crippen LogP contribution >= 0.6 is 11.8 Å². The second-order valence-corrected chi connectivity index (χ2v) is 7.79. The van der Waals surface area contributed by atoms with Crippen LogP contribution in [0, 0.1) is 5.82 Å². The molecule has 0 atom stereocenters. The first-order valence-corrected chi connectivity index (χ1v) is 10.6. The van der Waals surface area contributed by atoms with Crippen molar-refractivity contribution in [2.24, 2.45) is 0 Å². The fourth-order valence-electron chi connectivity index (χ4n) is 3.16. The van der Waals surface area contributed by atoms with Gasteiger partial charge < -0.3 is 5.32 Å². The molecule has 0 saturated carbocycles. The zero-order valence-corrected chi connectivity index (χ0v) is 17.0. The van der Waals surface area contributed by atoms with Crippen molar-refractivity contribution in [3.8, 4) is 0 Å². The Bertz CT molecular complexity index is 762. The molecule has 2 aromatic carbocycles. The van der Waals surface area contributed by atoms with Crippen LogP contribution in [0.5, 0.6) is 0 Å². The molecular formula is C21H22F7NS. The molecule has 30 heavy (non-hydrogen) atoms. The third-order valence-electron chi connectivity index (χ3n) is 4.64. The quantitative estimate of drug-likeness (QED) is 0.509. The van der Waals surface area contributed by atoms with Crippen LogP contribution in [0.3, 0.4) is 0 Å². The molecule has 0 radical (unpaired) electrons. The molecule has 3 rings (SSSR count). The highest BCUT2D eigenvalue weighted by molar-refractivity contribution is 7.97. The largest absolute Gasteiger partial charge is 0.416 e. The van der Waals surface area contributed by atoms with Gasteiger partial charge in [-0.25, -0.2) is 4.39 Å². The van der Waals surface area contributed by atoms with Crippen LogP contribution in [0.25, 0.3) is 0 Å². The van der Waals surface area contributed by atoms with E-state index in [2.05, 4.69) is 5.32 Å². The molecule has 0 spiro atoms. The van der Waals surface area contributed by atoms with Crippen LogP contribution in [0.2, 0.25) is 0 Å². The van der Waals surface area contributed by atoms with E-state index in [1.165, 1.54) is 18.4 Å². The number of benzene rings is 2. The zero-order chi connectivity index (χ0) is 22.4. The first-order chi connectivity index (χ1) is 14.0. The van der Waals surface area contributed by atoms with Gasteiger partial charge in [0.2, 0.25) is 0 Å². The molecule has 9 heteroatoms. The summed E-state index contributed by atoms with van der Waals surface area (Å²) in [6.07, 6.45) is -5.59. The van der Waals surface area contributed by atoms with Gasteiger partial charge in [-0.05, 0) is 79.6 Å². The Labute approximate surface area is 175 Å². The molecule has 0 aromatic heterocycles. The van der Waals surface area contributed by atoms with Crippen molar-refractivity contribution in [3.63, 3.8) is 0 Å². The van der Waals surface area contributed by atoms with Crippen molar-refractivity contribution in [3.05, 3.63) is 70.5 Å². The lowest BCUT2D eigenvalue weighted by Gasteiger charge is -2.22. The van der Waals surface area contributed by atoms with Gasteiger partial charge in [-0.1, -0.05) is 12.1 Å². The topological polar surface area (TPSA) is 12.0 Å². The molecule has 1 aliphatic heterocycles. The van der Waals surface area contributed by atoms with Gasteiger partial charge in [0.25, 0.3) is 0 Å². The van der Waals surface area contributed by atoms with E-state index in [1.807, 2.05) is 12.1 Å². The fraction of sp³-hybridized carbons (Fsp3) is 0.429. The first kappa shape index (κ1) is 24.5. The fourth-order valence-corrected chi connectivity index (χ4v) is 3.66. The molecular weight excluding hydrogens is 431 g/mol. The Hall–Kier alpha value is -1.74. The van der Waals surface area contributed by atoms with Gasteiger partial charge in [0.15, 0.2) is 0 Å². The smallest absolute Gasteiger partial charge is 0.317 e. The summed E-state index contributed by atoms with van der Waals surface area (Å²) >= 11 is 1.16. The Morgan fingerprint density at radius 1 is 0.867 bits per heavy atom. The van der Waals surface area contributed by atoms with E-state index in [0.29, 0.717) is 5.92 Å². The number of thioether (sulfide) groups is 1. The summed E-state index contributed by atoms with van der Waals surface area (Å²) in [6, 6.07) is 8.53. The number of halogens is 7. The van der Waals surface area contributed by atoms with E-state index in [1.54, 1.807) is 18.4 Å².